The maximum Gasteiger partial charge on any atom is 0.324 e. The lowest BCUT2D eigenvalue weighted by Crippen LogP contribution is -2.19. The highest BCUT2D eigenvalue weighted by Gasteiger charge is 2.20. The first-order valence-electron chi connectivity index (χ1n) is 8.69. The molecular weight excluding hydrogens is 358 g/mol. The van der Waals surface area contributed by atoms with E-state index in [-0.39, 0.29) is 11.3 Å². The SMILES string of the molecule is CC(C)(C)c1cc(NC(=O)Nc2ccc(NC(=O)c3ccccn3)cc2)no1. The van der Waals surface area contributed by atoms with Gasteiger partial charge in [-0.05, 0) is 36.4 Å². The average Bonchev–Trinajstić information content (AvgIpc) is 3.13. The Hall–Kier alpha value is -3.68. The van der Waals surface area contributed by atoms with Crippen LogP contribution in [-0.2, 0) is 5.41 Å². The predicted molar refractivity (Wildman–Crippen MR) is 106 cm³/mol. The molecule has 8 heteroatoms. The minimum atomic E-state index is -0.445. The first-order valence-corrected chi connectivity index (χ1v) is 8.69. The number of pyridine rings is 1. The highest BCUT2D eigenvalue weighted by molar-refractivity contribution is 6.03. The third kappa shape index (κ3) is 4.94. The molecule has 0 saturated carbocycles. The molecule has 2 aromatic heterocycles. The Morgan fingerprint density at radius 2 is 1.61 bits per heavy atom. The van der Waals surface area contributed by atoms with E-state index in [9.17, 15) is 9.59 Å². The predicted octanol–water partition coefficient (Wildman–Crippen LogP) is 4.26. The molecule has 0 aliphatic heterocycles. The molecule has 8 nitrogen and oxygen atoms in total. The Labute approximate surface area is 162 Å². The number of aromatic nitrogens is 2. The number of hydrogen-bond donors (Lipinski definition) is 3. The Bertz CT molecular complexity index is 960. The van der Waals surface area contributed by atoms with E-state index in [1.807, 2.05) is 20.8 Å². The van der Waals surface area contributed by atoms with Crippen LogP contribution < -0.4 is 16.0 Å². The molecule has 0 fully saturated rings. The normalized spacial score (nSPS) is 11.0. The zero-order valence-electron chi connectivity index (χ0n) is 15.8. The van der Waals surface area contributed by atoms with Crippen LogP contribution in [0.1, 0.15) is 37.0 Å². The lowest BCUT2D eigenvalue weighted by atomic mass is 9.93. The largest absolute Gasteiger partial charge is 0.359 e. The van der Waals surface area contributed by atoms with Crippen LogP contribution in [0, 0.1) is 0 Å². The van der Waals surface area contributed by atoms with Gasteiger partial charge in [0.2, 0.25) is 0 Å². The van der Waals surface area contributed by atoms with Crippen LogP contribution in [0.3, 0.4) is 0 Å². The van der Waals surface area contributed by atoms with E-state index in [1.165, 1.54) is 0 Å². The van der Waals surface area contributed by atoms with E-state index in [0.717, 1.165) is 0 Å². The molecular formula is C20H21N5O3. The Balaban J connectivity index is 1.56. The van der Waals surface area contributed by atoms with Gasteiger partial charge in [0.1, 0.15) is 11.5 Å². The van der Waals surface area contributed by atoms with Crippen LogP contribution in [0.5, 0.6) is 0 Å². The van der Waals surface area contributed by atoms with Gasteiger partial charge in [0.15, 0.2) is 5.82 Å². The van der Waals surface area contributed by atoms with Crippen molar-refractivity contribution in [3.8, 4) is 0 Å². The van der Waals surface area contributed by atoms with E-state index in [0.29, 0.717) is 28.6 Å². The standard InChI is InChI=1S/C20H21N5O3/c1-20(2,3)16-12-17(25-28-16)24-19(27)23-14-9-7-13(8-10-14)22-18(26)15-6-4-5-11-21-15/h4-12H,1-3H3,(H,22,26)(H2,23,24,25,27). The summed E-state index contributed by atoms with van der Waals surface area (Å²) in [5.41, 5.74) is 1.28. The summed E-state index contributed by atoms with van der Waals surface area (Å²) in [5, 5.41) is 11.9. The molecule has 3 aromatic rings. The zero-order chi connectivity index (χ0) is 20.1. The van der Waals surface area contributed by atoms with Crippen LogP contribution in [0.15, 0.2) is 59.3 Å². The fourth-order valence-corrected chi connectivity index (χ4v) is 2.30. The van der Waals surface area contributed by atoms with Crippen molar-refractivity contribution < 1.29 is 14.1 Å². The monoisotopic (exact) mass is 379 g/mol. The average molecular weight is 379 g/mol. The molecule has 144 valence electrons. The number of nitrogens with one attached hydrogen (secondary N) is 3. The summed E-state index contributed by atoms with van der Waals surface area (Å²) in [4.78, 5) is 28.2. The summed E-state index contributed by atoms with van der Waals surface area (Å²) in [7, 11) is 0. The number of carbonyl (C=O) groups excluding carboxylic acids is 2. The van der Waals surface area contributed by atoms with Crippen molar-refractivity contribution in [2.45, 2.75) is 26.2 Å². The van der Waals surface area contributed by atoms with Crippen LogP contribution in [0.25, 0.3) is 0 Å². The molecule has 3 N–H and O–H groups in total. The molecule has 0 bridgehead atoms. The minimum absolute atomic E-state index is 0.195. The van der Waals surface area contributed by atoms with Crippen molar-refractivity contribution in [3.05, 3.63) is 66.2 Å². The smallest absolute Gasteiger partial charge is 0.324 e. The van der Waals surface area contributed by atoms with Crippen molar-refractivity contribution >= 4 is 29.1 Å². The summed E-state index contributed by atoms with van der Waals surface area (Å²) in [6, 6.07) is 13.1. The highest BCUT2D eigenvalue weighted by Crippen LogP contribution is 2.24. The summed E-state index contributed by atoms with van der Waals surface area (Å²) in [5.74, 6) is 0.706. The molecule has 0 aliphatic carbocycles. The van der Waals surface area contributed by atoms with Gasteiger partial charge in [-0.3, -0.25) is 15.1 Å². The van der Waals surface area contributed by atoms with Crippen molar-refractivity contribution in [2.24, 2.45) is 0 Å². The fraction of sp³-hybridized carbons (Fsp3) is 0.200. The van der Waals surface area contributed by atoms with Gasteiger partial charge in [-0.15, -0.1) is 0 Å². The van der Waals surface area contributed by atoms with E-state index in [4.69, 9.17) is 4.52 Å². The molecule has 28 heavy (non-hydrogen) atoms. The Morgan fingerprint density at radius 3 is 2.18 bits per heavy atom. The molecule has 0 spiro atoms. The molecule has 3 amide bonds. The van der Waals surface area contributed by atoms with Gasteiger partial charge in [-0.2, -0.15) is 0 Å². The van der Waals surface area contributed by atoms with E-state index >= 15 is 0 Å². The fourth-order valence-electron chi connectivity index (χ4n) is 2.30. The van der Waals surface area contributed by atoms with Gasteiger partial charge in [-0.1, -0.05) is 32.0 Å². The second-order valence-electron chi connectivity index (χ2n) is 7.15. The highest BCUT2D eigenvalue weighted by atomic mass is 16.5. The van der Waals surface area contributed by atoms with E-state index in [2.05, 4.69) is 26.1 Å². The molecule has 0 saturated heterocycles. The van der Waals surface area contributed by atoms with Crippen molar-refractivity contribution in [2.75, 3.05) is 16.0 Å². The number of nitrogens with zero attached hydrogens (tertiary/aromatic N) is 2. The molecule has 1 aromatic carbocycles. The summed E-state index contributed by atoms with van der Waals surface area (Å²) in [6.45, 7) is 5.97. The van der Waals surface area contributed by atoms with Gasteiger partial charge in [0.25, 0.3) is 5.91 Å². The number of benzene rings is 1. The number of anilines is 3. The van der Waals surface area contributed by atoms with Crippen LogP contribution in [-0.4, -0.2) is 22.1 Å². The number of urea groups is 1. The van der Waals surface area contributed by atoms with Crippen LogP contribution in [0.2, 0.25) is 0 Å². The minimum Gasteiger partial charge on any atom is -0.359 e. The van der Waals surface area contributed by atoms with Gasteiger partial charge >= 0.3 is 6.03 Å². The third-order valence-electron chi connectivity index (χ3n) is 3.79. The third-order valence-corrected chi connectivity index (χ3v) is 3.79. The van der Waals surface area contributed by atoms with E-state index < -0.39 is 6.03 Å². The topological polar surface area (TPSA) is 109 Å². The molecule has 0 aliphatic rings. The number of hydrogen-bond acceptors (Lipinski definition) is 5. The van der Waals surface area contributed by atoms with Gasteiger partial charge in [-0.25, -0.2) is 4.79 Å². The first-order chi connectivity index (χ1) is 13.3. The molecule has 2 heterocycles. The van der Waals surface area contributed by atoms with Gasteiger partial charge in [0.05, 0.1) is 0 Å². The Morgan fingerprint density at radius 1 is 0.929 bits per heavy atom. The van der Waals surface area contributed by atoms with Gasteiger partial charge in [0, 0.05) is 29.1 Å². The number of amides is 3. The summed E-state index contributed by atoms with van der Waals surface area (Å²) < 4.78 is 5.23. The molecule has 3 rings (SSSR count). The number of carbonyl (C=O) groups is 2. The van der Waals surface area contributed by atoms with Crippen molar-refractivity contribution in [1.82, 2.24) is 10.1 Å². The lowest BCUT2D eigenvalue weighted by Gasteiger charge is -2.12. The maximum atomic E-state index is 12.1. The first kappa shape index (κ1) is 19.1. The van der Waals surface area contributed by atoms with Crippen LogP contribution in [0.4, 0.5) is 22.0 Å². The van der Waals surface area contributed by atoms with Crippen molar-refractivity contribution in [3.63, 3.8) is 0 Å². The quantitative estimate of drug-likeness (QED) is 0.627. The number of rotatable bonds is 4. The second kappa shape index (κ2) is 7.91. The van der Waals surface area contributed by atoms with Gasteiger partial charge < -0.3 is 15.2 Å². The second-order valence-corrected chi connectivity index (χ2v) is 7.15. The molecule has 0 radical (unpaired) electrons. The summed E-state index contributed by atoms with van der Waals surface area (Å²) >= 11 is 0. The molecule has 0 atom stereocenters. The zero-order valence-corrected chi connectivity index (χ0v) is 15.8. The Kier molecular flexibility index (Phi) is 5.39. The van der Waals surface area contributed by atoms with E-state index in [1.54, 1.807) is 54.7 Å². The lowest BCUT2D eigenvalue weighted by molar-refractivity contribution is 0.102. The van der Waals surface area contributed by atoms with Crippen molar-refractivity contribution in [1.29, 1.82) is 0 Å². The van der Waals surface area contributed by atoms with Crippen LogP contribution >= 0.6 is 0 Å². The summed E-state index contributed by atoms with van der Waals surface area (Å²) in [6.07, 6.45) is 1.56. The molecule has 0 unspecified atom stereocenters. The maximum absolute atomic E-state index is 12.1.